The van der Waals surface area contributed by atoms with E-state index in [-0.39, 0.29) is 4.90 Å². The summed E-state index contributed by atoms with van der Waals surface area (Å²) in [4.78, 5) is 10.00. The molecule has 4 aromatic rings. The van der Waals surface area contributed by atoms with E-state index in [0.717, 1.165) is 32.8 Å². The van der Waals surface area contributed by atoms with Gasteiger partial charge in [0.05, 0.1) is 27.7 Å². The molecule has 0 aliphatic carbocycles. The van der Waals surface area contributed by atoms with E-state index in [9.17, 15) is 8.42 Å². The highest BCUT2D eigenvalue weighted by atomic mass is 32.2. The molecule has 8 heteroatoms. The van der Waals surface area contributed by atoms with Crippen molar-refractivity contribution in [2.24, 2.45) is 5.10 Å². The van der Waals surface area contributed by atoms with Gasteiger partial charge in [0.15, 0.2) is 0 Å². The second-order valence-corrected chi connectivity index (χ2v) is 10.0. The first-order valence-corrected chi connectivity index (χ1v) is 12.8. The van der Waals surface area contributed by atoms with Crippen molar-refractivity contribution >= 4 is 38.5 Å². The first-order valence-electron chi connectivity index (χ1n) is 10.1. The normalized spacial score (nSPS) is 16.3. The number of sulfonamides is 1. The summed E-state index contributed by atoms with van der Waals surface area (Å²) < 4.78 is 28.5. The number of nitrogens with zero attached hydrogens (tertiary/aromatic N) is 4. The van der Waals surface area contributed by atoms with Crippen molar-refractivity contribution < 1.29 is 8.42 Å². The van der Waals surface area contributed by atoms with Gasteiger partial charge in [-0.15, -0.1) is 11.8 Å². The van der Waals surface area contributed by atoms with Crippen LogP contribution in [0.2, 0.25) is 0 Å². The van der Waals surface area contributed by atoms with E-state index in [1.165, 1.54) is 4.41 Å². The molecular weight excluding hydrogens is 440 g/mol. The van der Waals surface area contributed by atoms with E-state index in [4.69, 9.17) is 0 Å². The molecule has 0 saturated heterocycles. The van der Waals surface area contributed by atoms with E-state index in [1.54, 1.807) is 54.5 Å². The van der Waals surface area contributed by atoms with Crippen LogP contribution in [0.4, 0.5) is 0 Å². The second kappa shape index (κ2) is 8.37. The molecule has 1 atom stereocenters. The minimum Gasteiger partial charge on any atom is -0.253 e. The molecular formula is C24H20N4O2S2. The van der Waals surface area contributed by atoms with Crippen molar-refractivity contribution in [1.29, 1.82) is 0 Å². The number of aromatic nitrogens is 2. The van der Waals surface area contributed by atoms with Crippen LogP contribution >= 0.6 is 11.8 Å². The Bertz CT molecular complexity index is 1420. The smallest absolute Gasteiger partial charge is 0.253 e. The van der Waals surface area contributed by atoms with Gasteiger partial charge >= 0.3 is 0 Å². The van der Waals surface area contributed by atoms with Crippen LogP contribution in [-0.4, -0.2) is 34.8 Å². The molecule has 0 amide bonds. The Balaban J connectivity index is 1.64. The van der Waals surface area contributed by atoms with E-state index >= 15 is 0 Å². The summed E-state index contributed by atoms with van der Waals surface area (Å²) in [6, 6.07) is 21.6. The van der Waals surface area contributed by atoms with E-state index < -0.39 is 16.1 Å². The first-order chi connectivity index (χ1) is 15.6. The molecule has 0 bridgehead atoms. The fourth-order valence-electron chi connectivity index (χ4n) is 3.89. The molecule has 0 fully saturated rings. The lowest BCUT2D eigenvalue weighted by Gasteiger charge is -2.23. The highest BCUT2D eigenvalue weighted by Gasteiger charge is 2.38. The Labute approximate surface area is 191 Å². The third-order valence-electron chi connectivity index (χ3n) is 5.46. The predicted octanol–water partition coefficient (Wildman–Crippen LogP) is 4.89. The summed E-state index contributed by atoms with van der Waals surface area (Å²) in [7, 11) is -3.85. The zero-order chi connectivity index (χ0) is 22.1. The van der Waals surface area contributed by atoms with Crippen LogP contribution < -0.4 is 0 Å². The lowest BCUT2D eigenvalue weighted by atomic mass is 9.98. The van der Waals surface area contributed by atoms with Crippen molar-refractivity contribution in [3.05, 3.63) is 96.3 Å². The molecule has 2 heterocycles. The molecule has 1 aromatic heterocycles. The number of hydrogen-bond acceptors (Lipinski definition) is 6. The number of rotatable bonds is 5. The van der Waals surface area contributed by atoms with Gasteiger partial charge in [-0.2, -0.15) is 17.9 Å². The van der Waals surface area contributed by atoms with Crippen LogP contribution in [0.3, 0.4) is 0 Å². The molecule has 5 rings (SSSR count). The standard InChI is InChI=1S/C24H20N4O2S2/c1-31-24-10-6-5-9-19(24)21-16-23(17-11-12-20-22(15-17)26-14-13-25-20)28(27-21)32(29,30)18-7-3-2-4-8-18/h2-15,23H,16H2,1H3/t23-/m1/s1. The molecule has 0 N–H and O–H groups in total. The van der Waals surface area contributed by atoms with Crippen molar-refractivity contribution in [2.75, 3.05) is 6.26 Å². The fourth-order valence-corrected chi connectivity index (χ4v) is 5.97. The van der Waals surface area contributed by atoms with Crippen LogP contribution in [0.15, 0.2) is 100 Å². The zero-order valence-electron chi connectivity index (χ0n) is 17.3. The lowest BCUT2D eigenvalue weighted by molar-refractivity contribution is 0.371. The molecule has 0 saturated carbocycles. The molecule has 6 nitrogen and oxygen atoms in total. The van der Waals surface area contributed by atoms with Gasteiger partial charge in [-0.25, -0.2) is 0 Å². The van der Waals surface area contributed by atoms with Gasteiger partial charge < -0.3 is 0 Å². The summed E-state index contributed by atoms with van der Waals surface area (Å²) in [6.45, 7) is 0. The van der Waals surface area contributed by atoms with Gasteiger partial charge in [0, 0.05) is 29.3 Å². The summed E-state index contributed by atoms with van der Waals surface area (Å²) in [5, 5.41) is 4.67. The maximum atomic E-state index is 13.6. The second-order valence-electron chi connectivity index (χ2n) is 7.36. The average Bonchev–Trinajstić information content (AvgIpc) is 3.30. The molecule has 3 aromatic carbocycles. The Morgan fingerprint density at radius 3 is 2.41 bits per heavy atom. The van der Waals surface area contributed by atoms with Gasteiger partial charge in [-0.3, -0.25) is 9.97 Å². The van der Waals surface area contributed by atoms with Crippen molar-refractivity contribution in [1.82, 2.24) is 14.4 Å². The molecule has 0 spiro atoms. The monoisotopic (exact) mass is 460 g/mol. The fraction of sp³-hybridized carbons (Fsp3) is 0.125. The minimum absolute atomic E-state index is 0.216. The number of hydrazone groups is 1. The minimum atomic E-state index is -3.85. The predicted molar refractivity (Wildman–Crippen MR) is 127 cm³/mol. The van der Waals surface area contributed by atoms with Crippen LogP contribution in [0.1, 0.15) is 23.6 Å². The van der Waals surface area contributed by atoms with E-state index in [2.05, 4.69) is 15.1 Å². The largest absolute Gasteiger partial charge is 0.279 e. The van der Waals surface area contributed by atoms with Gasteiger partial charge in [0.2, 0.25) is 0 Å². The quantitative estimate of drug-likeness (QED) is 0.396. The Morgan fingerprint density at radius 1 is 0.906 bits per heavy atom. The summed E-state index contributed by atoms with van der Waals surface area (Å²) in [6.07, 6.45) is 5.75. The Kier molecular flexibility index (Phi) is 5.40. The van der Waals surface area contributed by atoms with E-state index in [0.29, 0.717) is 6.42 Å². The van der Waals surface area contributed by atoms with Gasteiger partial charge in [0.25, 0.3) is 10.0 Å². The number of thioether (sulfide) groups is 1. The van der Waals surface area contributed by atoms with Gasteiger partial charge in [-0.1, -0.05) is 42.5 Å². The van der Waals surface area contributed by atoms with Crippen LogP contribution in [0.25, 0.3) is 11.0 Å². The summed E-state index contributed by atoms with van der Waals surface area (Å²) >= 11 is 1.62. The van der Waals surface area contributed by atoms with E-state index in [1.807, 2.05) is 48.7 Å². The topological polar surface area (TPSA) is 75.5 Å². The van der Waals surface area contributed by atoms with Crippen LogP contribution in [0.5, 0.6) is 0 Å². The van der Waals surface area contributed by atoms with Crippen molar-refractivity contribution in [3.8, 4) is 0 Å². The average molecular weight is 461 g/mol. The third kappa shape index (κ3) is 3.65. The first kappa shape index (κ1) is 20.7. The highest BCUT2D eigenvalue weighted by Crippen LogP contribution is 2.39. The van der Waals surface area contributed by atoms with Crippen LogP contribution in [-0.2, 0) is 10.0 Å². The maximum Gasteiger partial charge on any atom is 0.279 e. The molecule has 0 radical (unpaired) electrons. The molecule has 160 valence electrons. The zero-order valence-corrected chi connectivity index (χ0v) is 18.9. The van der Waals surface area contributed by atoms with Gasteiger partial charge in [0.1, 0.15) is 0 Å². The third-order valence-corrected chi connectivity index (χ3v) is 7.95. The maximum absolute atomic E-state index is 13.6. The summed E-state index contributed by atoms with van der Waals surface area (Å²) in [5.74, 6) is 0. The van der Waals surface area contributed by atoms with Crippen molar-refractivity contribution in [2.45, 2.75) is 22.3 Å². The molecule has 32 heavy (non-hydrogen) atoms. The SMILES string of the molecule is CSc1ccccc1C1=NN(S(=O)(=O)c2ccccc2)[C@@H](c2ccc3nccnc3c2)C1. The number of benzene rings is 3. The van der Waals surface area contributed by atoms with Crippen molar-refractivity contribution in [3.63, 3.8) is 0 Å². The lowest BCUT2D eigenvalue weighted by Crippen LogP contribution is -2.27. The number of fused-ring (bicyclic) bond motifs is 1. The Morgan fingerprint density at radius 2 is 1.62 bits per heavy atom. The van der Waals surface area contributed by atoms with Gasteiger partial charge in [-0.05, 0) is 42.2 Å². The summed E-state index contributed by atoms with van der Waals surface area (Å²) in [5.41, 5.74) is 4.02. The Hall–Kier alpha value is -3.23. The molecule has 1 aliphatic rings. The molecule has 1 aliphatic heterocycles. The molecule has 0 unspecified atom stereocenters. The highest BCUT2D eigenvalue weighted by molar-refractivity contribution is 7.98. The number of hydrogen-bond donors (Lipinski definition) is 0. The van der Waals surface area contributed by atoms with Crippen LogP contribution in [0, 0.1) is 0 Å².